The Kier molecular flexibility index (Phi) is 4.98. The van der Waals surface area contributed by atoms with Crippen LogP contribution < -0.4 is 5.32 Å². The van der Waals surface area contributed by atoms with Crippen molar-refractivity contribution in [2.24, 2.45) is 0 Å². The Bertz CT molecular complexity index is 933. The molecule has 0 radical (unpaired) electrons. The van der Waals surface area contributed by atoms with Crippen LogP contribution in [-0.2, 0) is 0 Å². The number of benzene rings is 1. The monoisotopic (exact) mass is 379 g/mol. The highest BCUT2D eigenvalue weighted by Crippen LogP contribution is 2.32. The molecule has 0 unspecified atom stereocenters. The van der Waals surface area contributed by atoms with Crippen LogP contribution in [0.1, 0.15) is 34.9 Å². The second kappa shape index (κ2) is 7.72. The van der Waals surface area contributed by atoms with Crippen molar-refractivity contribution >= 4 is 29.3 Å². The lowest BCUT2D eigenvalue weighted by atomic mass is 10.1. The molecule has 1 amide bonds. The number of likely N-dealkylation sites (tertiary alicyclic amines) is 1. The third-order valence-electron chi connectivity index (χ3n) is 4.53. The maximum atomic E-state index is 12.9. The molecule has 1 aromatic carbocycles. The van der Waals surface area contributed by atoms with Crippen LogP contribution in [0.15, 0.2) is 60.9 Å². The number of anilines is 2. The molecule has 0 aliphatic carbocycles. The van der Waals surface area contributed by atoms with Crippen molar-refractivity contribution in [1.82, 2.24) is 19.9 Å². The number of rotatable bonds is 4. The zero-order valence-electron chi connectivity index (χ0n) is 14.5. The smallest absolute Gasteiger partial charge is 0.254 e. The predicted molar refractivity (Wildman–Crippen MR) is 104 cm³/mol. The largest absolute Gasteiger partial charge is 0.330 e. The quantitative estimate of drug-likeness (QED) is 0.733. The number of nitrogens with one attached hydrogen (secondary N) is 1. The molecule has 7 heteroatoms. The standard InChI is InChI=1S/C20H18ClN5O/c21-15-8-6-14(7-9-15)19(27)26-13-3-4-17(26)16-10-12-23-20(24-16)25-18-5-1-2-11-22-18/h1-2,5-12,17H,3-4,13H2,(H,22,23,24,25)/t17-/m1/s1. The van der Waals surface area contributed by atoms with Crippen molar-refractivity contribution in [2.45, 2.75) is 18.9 Å². The van der Waals surface area contributed by atoms with Crippen LogP contribution in [0.2, 0.25) is 5.02 Å². The van der Waals surface area contributed by atoms with E-state index in [0.29, 0.717) is 28.9 Å². The van der Waals surface area contributed by atoms with Gasteiger partial charge < -0.3 is 10.2 Å². The molecule has 1 N–H and O–H groups in total. The van der Waals surface area contributed by atoms with Crippen molar-refractivity contribution in [3.63, 3.8) is 0 Å². The number of hydrogen-bond donors (Lipinski definition) is 1. The summed E-state index contributed by atoms with van der Waals surface area (Å²) in [4.78, 5) is 27.9. The van der Waals surface area contributed by atoms with Gasteiger partial charge in [0.15, 0.2) is 0 Å². The summed E-state index contributed by atoms with van der Waals surface area (Å²) in [5.74, 6) is 1.14. The minimum Gasteiger partial charge on any atom is -0.330 e. The summed E-state index contributed by atoms with van der Waals surface area (Å²) < 4.78 is 0. The lowest BCUT2D eigenvalue weighted by Crippen LogP contribution is -2.31. The van der Waals surface area contributed by atoms with Gasteiger partial charge in [0.05, 0.1) is 11.7 Å². The highest BCUT2D eigenvalue weighted by molar-refractivity contribution is 6.30. The number of pyridine rings is 1. The van der Waals surface area contributed by atoms with E-state index in [1.807, 2.05) is 29.2 Å². The number of hydrogen-bond acceptors (Lipinski definition) is 5. The summed E-state index contributed by atoms with van der Waals surface area (Å²) in [6.07, 6.45) is 5.23. The van der Waals surface area contributed by atoms with Crippen molar-refractivity contribution in [1.29, 1.82) is 0 Å². The Morgan fingerprint density at radius 3 is 2.70 bits per heavy atom. The van der Waals surface area contributed by atoms with Gasteiger partial charge in [-0.15, -0.1) is 0 Å². The molecule has 6 nitrogen and oxygen atoms in total. The molecule has 3 heterocycles. The fourth-order valence-electron chi connectivity index (χ4n) is 3.25. The topological polar surface area (TPSA) is 71.0 Å². The van der Waals surface area contributed by atoms with Crippen LogP contribution in [-0.4, -0.2) is 32.3 Å². The summed E-state index contributed by atoms with van der Waals surface area (Å²) in [5.41, 5.74) is 1.45. The number of halogens is 1. The van der Waals surface area contributed by atoms with Crippen LogP contribution >= 0.6 is 11.6 Å². The first-order valence-electron chi connectivity index (χ1n) is 8.78. The molecule has 0 spiro atoms. The molecule has 136 valence electrons. The molecule has 1 fully saturated rings. The van der Waals surface area contributed by atoms with Gasteiger partial charge in [-0.2, -0.15) is 0 Å². The maximum absolute atomic E-state index is 12.9. The molecule has 1 aliphatic heterocycles. The second-order valence-electron chi connectivity index (χ2n) is 6.31. The zero-order chi connectivity index (χ0) is 18.6. The summed E-state index contributed by atoms with van der Waals surface area (Å²) in [6, 6.07) is 14.4. The van der Waals surface area contributed by atoms with Gasteiger partial charge in [-0.25, -0.2) is 15.0 Å². The summed E-state index contributed by atoms with van der Waals surface area (Å²) in [5, 5.41) is 3.71. The SMILES string of the molecule is O=C(c1ccc(Cl)cc1)N1CCC[C@@H]1c1ccnc(Nc2ccccn2)n1. The van der Waals surface area contributed by atoms with E-state index in [1.54, 1.807) is 36.7 Å². The van der Waals surface area contributed by atoms with E-state index in [2.05, 4.69) is 20.3 Å². The molecule has 27 heavy (non-hydrogen) atoms. The van der Waals surface area contributed by atoms with E-state index in [-0.39, 0.29) is 11.9 Å². The summed E-state index contributed by atoms with van der Waals surface area (Å²) in [6.45, 7) is 0.707. The molecule has 3 aromatic rings. The number of amides is 1. The first-order chi connectivity index (χ1) is 13.2. The van der Waals surface area contributed by atoms with Gasteiger partial charge in [-0.3, -0.25) is 4.79 Å². The molecule has 1 saturated heterocycles. The molecule has 0 bridgehead atoms. The Balaban J connectivity index is 1.56. The molecular formula is C20H18ClN5O. The van der Waals surface area contributed by atoms with Gasteiger partial charge >= 0.3 is 0 Å². The van der Waals surface area contributed by atoms with Crippen LogP contribution in [0.5, 0.6) is 0 Å². The Morgan fingerprint density at radius 2 is 1.93 bits per heavy atom. The second-order valence-corrected chi connectivity index (χ2v) is 6.74. The fourth-order valence-corrected chi connectivity index (χ4v) is 3.37. The number of carbonyl (C=O) groups is 1. The average Bonchev–Trinajstić information content (AvgIpc) is 3.19. The highest BCUT2D eigenvalue weighted by Gasteiger charge is 2.31. The van der Waals surface area contributed by atoms with E-state index in [1.165, 1.54) is 0 Å². The highest BCUT2D eigenvalue weighted by atomic mass is 35.5. The van der Waals surface area contributed by atoms with Crippen molar-refractivity contribution in [3.8, 4) is 0 Å². The molecule has 4 rings (SSSR count). The minimum atomic E-state index is -0.0690. The fraction of sp³-hybridized carbons (Fsp3) is 0.200. The van der Waals surface area contributed by atoms with E-state index >= 15 is 0 Å². The predicted octanol–water partition coefficient (Wildman–Crippen LogP) is 4.25. The lowest BCUT2D eigenvalue weighted by molar-refractivity contribution is 0.0733. The van der Waals surface area contributed by atoms with E-state index in [0.717, 1.165) is 18.5 Å². The van der Waals surface area contributed by atoms with Gasteiger partial charge in [0.25, 0.3) is 5.91 Å². The average molecular weight is 380 g/mol. The van der Waals surface area contributed by atoms with Crippen LogP contribution in [0, 0.1) is 0 Å². The van der Waals surface area contributed by atoms with Crippen LogP contribution in [0.25, 0.3) is 0 Å². The Labute approximate surface area is 162 Å². The zero-order valence-corrected chi connectivity index (χ0v) is 15.3. The van der Waals surface area contributed by atoms with Crippen LogP contribution in [0.4, 0.5) is 11.8 Å². The third-order valence-corrected chi connectivity index (χ3v) is 4.78. The van der Waals surface area contributed by atoms with E-state index < -0.39 is 0 Å². The number of aromatic nitrogens is 3. The minimum absolute atomic E-state index is 0.00739. The van der Waals surface area contributed by atoms with Gasteiger partial charge in [0.1, 0.15) is 5.82 Å². The molecule has 1 atom stereocenters. The lowest BCUT2D eigenvalue weighted by Gasteiger charge is -2.24. The van der Waals surface area contributed by atoms with Gasteiger partial charge in [0.2, 0.25) is 5.95 Å². The van der Waals surface area contributed by atoms with Crippen molar-refractivity contribution < 1.29 is 4.79 Å². The van der Waals surface area contributed by atoms with Gasteiger partial charge in [-0.05, 0) is 55.3 Å². The first kappa shape index (κ1) is 17.4. The third kappa shape index (κ3) is 3.90. The first-order valence-corrected chi connectivity index (χ1v) is 9.16. The van der Waals surface area contributed by atoms with E-state index in [4.69, 9.17) is 11.6 Å². The molecule has 0 saturated carbocycles. The van der Waals surface area contributed by atoms with Crippen molar-refractivity contribution in [2.75, 3.05) is 11.9 Å². The van der Waals surface area contributed by atoms with Crippen LogP contribution in [0.3, 0.4) is 0 Å². The maximum Gasteiger partial charge on any atom is 0.254 e. The van der Waals surface area contributed by atoms with Crippen molar-refractivity contribution in [3.05, 3.63) is 77.2 Å². The number of carbonyl (C=O) groups excluding carboxylic acids is 1. The number of nitrogens with zero attached hydrogens (tertiary/aromatic N) is 4. The molecular weight excluding hydrogens is 362 g/mol. The molecule has 1 aliphatic rings. The summed E-state index contributed by atoms with van der Waals surface area (Å²) in [7, 11) is 0. The normalized spacial score (nSPS) is 16.3. The Morgan fingerprint density at radius 1 is 1.07 bits per heavy atom. The van der Waals surface area contributed by atoms with Gasteiger partial charge in [-0.1, -0.05) is 17.7 Å². The summed E-state index contributed by atoms with van der Waals surface area (Å²) >= 11 is 5.93. The van der Waals surface area contributed by atoms with Gasteiger partial charge in [0, 0.05) is 29.5 Å². The molecule has 2 aromatic heterocycles. The Hall–Kier alpha value is -2.99. The van der Waals surface area contributed by atoms with E-state index in [9.17, 15) is 4.79 Å².